The topological polar surface area (TPSA) is 37.3 Å². The number of rotatable bonds is 2. The predicted molar refractivity (Wildman–Crippen MR) is 65.2 cm³/mol. The van der Waals surface area contributed by atoms with Gasteiger partial charge in [-0.1, -0.05) is 36.4 Å². The predicted octanol–water partition coefficient (Wildman–Crippen LogP) is 3.33. The number of carboxylic acids is 1. The summed E-state index contributed by atoms with van der Waals surface area (Å²) in [7, 11) is 0. The molecule has 0 fully saturated rings. The number of carbonyl (C=O) groups is 1. The minimum Gasteiger partial charge on any atom is -0.478 e. The first-order valence-electron chi connectivity index (χ1n) is 5.07. The summed E-state index contributed by atoms with van der Waals surface area (Å²) in [6.45, 7) is 1.80. The zero-order chi connectivity index (χ0) is 11.5. The van der Waals surface area contributed by atoms with Crippen LogP contribution in [-0.4, -0.2) is 11.1 Å². The number of benzene rings is 2. The molecule has 2 aromatic rings. The molecule has 0 atom stereocenters. The van der Waals surface area contributed by atoms with Gasteiger partial charge in [0.2, 0.25) is 0 Å². The molecule has 0 saturated heterocycles. The molecule has 0 aliphatic carbocycles. The van der Waals surface area contributed by atoms with Crippen LogP contribution in [0.15, 0.2) is 48.5 Å². The Morgan fingerprint density at radius 3 is 2.50 bits per heavy atom. The summed E-state index contributed by atoms with van der Waals surface area (Å²) < 4.78 is 0. The van der Waals surface area contributed by atoms with E-state index in [1.54, 1.807) is 6.92 Å². The minimum atomic E-state index is -0.911. The van der Waals surface area contributed by atoms with Crippen LogP contribution >= 0.6 is 0 Å². The zero-order valence-electron chi connectivity index (χ0n) is 8.97. The molecule has 1 N–H and O–H groups in total. The molecule has 0 radical (unpaired) electrons. The quantitative estimate of drug-likeness (QED) is 0.775. The first-order valence-corrected chi connectivity index (χ1v) is 5.07. The van der Waals surface area contributed by atoms with Crippen molar-refractivity contribution in [1.82, 2.24) is 0 Å². The van der Waals surface area contributed by atoms with Crippen LogP contribution in [0.1, 0.15) is 12.5 Å². The maximum Gasteiger partial charge on any atom is 0.328 e. The number of carboxylic acid groups (broad SMARTS) is 1. The van der Waals surface area contributed by atoms with Crippen molar-refractivity contribution >= 4 is 22.3 Å². The van der Waals surface area contributed by atoms with Gasteiger partial charge in [0.15, 0.2) is 0 Å². The fourth-order valence-electron chi connectivity index (χ4n) is 1.70. The molecule has 0 saturated carbocycles. The van der Waals surface area contributed by atoms with Crippen molar-refractivity contribution in [3.8, 4) is 0 Å². The second kappa shape index (κ2) is 4.19. The highest BCUT2D eigenvalue weighted by Gasteiger charge is 2.00. The van der Waals surface area contributed by atoms with Crippen molar-refractivity contribution < 1.29 is 9.90 Å². The van der Waals surface area contributed by atoms with Crippen LogP contribution in [0.5, 0.6) is 0 Å². The number of aliphatic carboxylic acids is 1. The molecule has 0 heterocycles. The van der Waals surface area contributed by atoms with Gasteiger partial charge in [0.25, 0.3) is 0 Å². The van der Waals surface area contributed by atoms with Gasteiger partial charge in [-0.15, -0.1) is 0 Å². The lowest BCUT2D eigenvalue weighted by Gasteiger charge is -2.03. The number of hydrogen-bond acceptors (Lipinski definition) is 1. The Kier molecular flexibility index (Phi) is 2.73. The van der Waals surface area contributed by atoms with Crippen LogP contribution in [0.4, 0.5) is 0 Å². The fraction of sp³-hybridized carbons (Fsp3) is 0.0714. The Hall–Kier alpha value is -2.09. The van der Waals surface area contributed by atoms with E-state index < -0.39 is 5.97 Å². The van der Waals surface area contributed by atoms with E-state index in [-0.39, 0.29) is 0 Å². The highest BCUT2D eigenvalue weighted by Crippen LogP contribution is 2.20. The first-order chi connectivity index (χ1) is 7.66. The third-order valence-corrected chi connectivity index (χ3v) is 2.54. The van der Waals surface area contributed by atoms with Gasteiger partial charge in [-0.25, -0.2) is 4.79 Å². The van der Waals surface area contributed by atoms with Crippen molar-refractivity contribution in [2.75, 3.05) is 0 Å². The van der Waals surface area contributed by atoms with Crippen LogP contribution in [0.25, 0.3) is 16.3 Å². The number of hydrogen-bond donors (Lipinski definition) is 1. The van der Waals surface area contributed by atoms with Crippen LogP contribution in [0, 0.1) is 0 Å². The van der Waals surface area contributed by atoms with Crippen molar-refractivity contribution in [3.63, 3.8) is 0 Å². The number of fused-ring (bicyclic) bond motifs is 1. The molecule has 0 unspecified atom stereocenters. The van der Waals surface area contributed by atoms with Gasteiger partial charge in [-0.3, -0.25) is 0 Å². The summed E-state index contributed by atoms with van der Waals surface area (Å²) in [5, 5.41) is 11.0. The van der Waals surface area contributed by atoms with Gasteiger partial charge >= 0.3 is 5.97 Å². The molecule has 0 aliphatic rings. The summed E-state index contributed by atoms with van der Waals surface area (Å²) in [4.78, 5) is 10.6. The molecular weight excluding hydrogens is 200 g/mol. The van der Waals surface area contributed by atoms with E-state index >= 15 is 0 Å². The lowest BCUT2D eigenvalue weighted by atomic mass is 10.0. The molecule has 2 heteroatoms. The van der Waals surface area contributed by atoms with Gasteiger partial charge in [0.1, 0.15) is 0 Å². The summed E-state index contributed by atoms with van der Waals surface area (Å²) in [6.07, 6.45) is 1.23. The van der Waals surface area contributed by atoms with Gasteiger partial charge in [-0.05, 0) is 34.9 Å². The Labute approximate surface area is 93.8 Å². The Morgan fingerprint density at radius 2 is 1.81 bits per heavy atom. The van der Waals surface area contributed by atoms with Crippen molar-refractivity contribution in [2.45, 2.75) is 6.92 Å². The summed E-state index contributed by atoms with van der Waals surface area (Å²) in [5.41, 5.74) is 1.71. The van der Waals surface area contributed by atoms with Crippen molar-refractivity contribution in [3.05, 3.63) is 54.1 Å². The van der Waals surface area contributed by atoms with Crippen LogP contribution in [0.2, 0.25) is 0 Å². The van der Waals surface area contributed by atoms with E-state index in [1.807, 2.05) is 42.5 Å². The fourth-order valence-corrected chi connectivity index (χ4v) is 1.70. The highest BCUT2D eigenvalue weighted by molar-refractivity contribution is 5.92. The first kappa shape index (κ1) is 10.4. The van der Waals surface area contributed by atoms with Gasteiger partial charge in [0, 0.05) is 6.08 Å². The lowest BCUT2D eigenvalue weighted by molar-refractivity contribution is -0.131. The maximum atomic E-state index is 10.6. The van der Waals surface area contributed by atoms with Crippen LogP contribution in [-0.2, 0) is 4.79 Å². The molecule has 2 nitrogen and oxygen atoms in total. The smallest absolute Gasteiger partial charge is 0.328 e. The summed E-state index contributed by atoms with van der Waals surface area (Å²) >= 11 is 0. The molecule has 0 bridgehead atoms. The number of allylic oxidation sites excluding steroid dienone is 1. The highest BCUT2D eigenvalue weighted by atomic mass is 16.4. The molecule has 80 valence electrons. The monoisotopic (exact) mass is 212 g/mol. The largest absolute Gasteiger partial charge is 0.478 e. The van der Waals surface area contributed by atoms with Crippen molar-refractivity contribution in [1.29, 1.82) is 0 Å². The second-order valence-corrected chi connectivity index (χ2v) is 3.73. The normalized spacial score (nSPS) is 11.7. The van der Waals surface area contributed by atoms with E-state index in [0.717, 1.165) is 21.9 Å². The average molecular weight is 212 g/mol. The van der Waals surface area contributed by atoms with Crippen molar-refractivity contribution in [2.24, 2.45) is 0 Å². The molecule has 0 amide bonds. The molecule has 0 aliphatic heterocycles. The van der Waals surface area contributed by atoms with Crippen LogP contribution in [0.3, 0.4) is 0 Å². The molecule has 2 rings (SSSR count). The van der Waals surface area contributed by atoms with E-state index in [9.17, 15) is 4.79 Å². The second-order valence-electron chi connectivity index (χ2n) is 3.73. The lowest BCUT2D eigenvalue weighted by Crippen LogP contribution is -1.90. The average Bonchev–Trinajstić information content (AvgIpc) is 2.27. The Morgan fingerprint density at radius 1 is 1.12 bits per heavy atom. The van der Waals surface area contributed by atoms with Gasteiger partial charge < -0.3 is 5.11 Å². The third kappa shape index (κ3) is 2.11. The van der Waals surface area contributed by atoms with E-state index in [2.05, 4.69) is 0 Å². The Bertz CT molecular complexity index is 568. The van der Waals surface area contributed by atoms with Crippen LogP contribution < -0.4 is 0 Å². The van der Waals surface area contributed by atoms with Gasteiger partial charge in [-0.2, -0.15) is 0 Å². The third-order valence-electron chi connectivity index (χ3n) is 2.54. The molecule has 16 heavy (non-hydrogen) atoms. The Balaban J connectivity index is 2.51. The van der Waals surface area contributed by atoms with E-state index in [0.29, 0.717) is 0 Å². The van der Waals surface area contributed by atoms with E-state index in [4.69, 9.17) is 5.11 Å². The van der Waals surface area contributed by atoms with Gasteiger partial charge in [0.05, 0.1) is 0 Å². The summed E-state index contributed by atoms with van der Waals surface area (Å²) in [5.74, 6) is -0.911. The minimum absolute atomic E-state index is 0.762. The molecule has 2 aromatic carbocycles. The SMILES string of the molecule is CC(=CC(=O)O)c1ccc2ccccc2c1. The van der Waals surface area contributed by atoms with E-state index in [1.165, 1.54) is 6.08 Å². The summed E-state index contributed by atoms with van der Waals surface area (Å²) in [6, 6.07) is 14.0. The molecular formula is C14H12O2. The maximum absolute atomic E-state index is 10.6. The zero-order valence-corrected chi connectivity index (χ0v) is 8.97. The standard InChI is InChI=1S/C14H12O2/c1-10(8-14(15)16)12-7-6-11-4-2-3-5-13(11)9-12/h2-9H,1H3,(H,15,16). The molecule has 0 spiro atoms. The molecule has 0 aromatic heterocycles.